The lowest BCUT2D eigenvalue weighted by molar-refractivity contribution is 0.264. The van der Waals surface area contributed by atoms with E-state index >= 15 is 0 Å². The Morgan fingerprint density at radius 1 is 1.50 bits per heavy atom. The van der Waals surface area contributed by atoms with Crippen molar-refractivity contribution in [2.75, 3.05) is 13.1 Å². The Morgan fingerprint density at radius 3 is 2.67 bits per heavy atom. The molecule has 5 heteroatoms. The lowest BCUT2D eigenvalue weighted by Gasteiger charge is -2.24. The number of rotatable bonds is 6. The van der Waals surface area contributed by atoms with Crippen molar-refractivity contribution < 1.29 is 4.39 Å². The van der Waals surface area contributed by atoms with Gasteiger partial charge in [0.05, 0.1) is 4.99 Å². The maximum absolute atomic E-state index is 13.3. The molecule has 2 nitrogen and oxygen atoms in total. The molecule has 1 aromatic rings. The van der Waals surface area contributed by atoms with E-state index < -0.39 is 0 Å². The molecule has 100 valence electrons. The number of benzene rings is 1. The molecule has 1 unspecified atom stereocenters. The highest BCUT2D eigenvalue weighted by molar-refractivity contribution is 9.10. The van der Waals surface area contributed by atoms with Crippen molar-refractivity contribution in [2.24, 2.45) is 11.7 Å². The number of hydrogen-bond donors (Lipinski definition) is 1. The lowest BCUT2D eigenvalue weighted by Crippen LogP contribution is -2.33. The highest BCUT2D eigenvalue weighted by Crippen LogP contribution is 2.17. The van der Waals surface area contributed by atoms with Gasteiger partial charge in [-0.25, -0.2) is 4.39 Å². The fraction of sp³-hybridized carbons (Fsp3) is 0.462. The van der Waals surface area contributed by atoms with Gasteiger partial charge in [-0.05, 0) is 30.3 Å². The molecule has 0 aliphatic carbocycles. The molecule has 0 saturated heterocycles. The number of halogens is 2. The third-order valence-electron chi connectivity index (χ3n) is 2.79. The van der Waals surface area contributed by atoms with Crippen LogP contribution in [-0.2, 0) is 6.54 Å². The van der Waals surface area contributed by atoms with Crippen LogP contribution in [-0.4, -0.2) is 23.0 Å². The molecule has 1 aromatic carbocycles. The first-order chi connectivity index (χ1) is 8.42. The van der Waals surface area contributed by atoms with Gasteiger partial charge in [0.25, 0.3) is 0 Å². The quantitative estimate of drug-likeness (QED) is 0.810. The van der Waals surface area contributed by atoms with E-state index in [1.54, 1.807) is 6.07 Å². The second kappa shape index (κ2) is 7.16. The van der Waals surface area contributed by atoms with Crippen molar-refractivity contribution in [3.63, 3.8) is 0 Å². The molecule has 1 rings (SSSR count). The van der Waals surface area contributed by atoms with Crippen LogP contribution in [0.4, 0.5) is 4.39 Å². The molecule has 0 radical (unpaired) electrons. The Balaban J connectivity index is 2.70. The smallest absolute Gasteiger partial charge is 0.124 e. The third kappa shape index (κ3) is 5.00. The Morgan fingerprint density at radius 2 is 2.17 bits per heavy atom. The molecule has 0 aromatic heterocycles. The average molecular weight is 333 g/mol. The van der Waals surface area contributed by atoms with Crippen LogP contribution in [0.2, 0.25) is 0 Å². The minimum absolute atomic E-state index is 0.164. The molecule has 2 N–H and O–H groups in total. The zero-order valence-electron chi connectivity index (χ0n) is 10.6. The van der Waals surface area contributed by atoms with E-state index in [9.17, 15) is 4.39 Å². The average Bonchev–Trinajstić information content (AvgIpc) is 2.26. The van der Waals surface area contributed by atoms with E-state index in [1.807, 2.05) is 13.0 Å². The van der Waals surface area contributed by atoms with Crippen molar-refractivity contribution >= 4 is 33.1 Å². The predicted molar refractivity (Wildman–Crippen MR) is 81.0 cm³/mol. The third-order valence-corrected chi connectivity index (χ3v) is 3.65. The van der Waals surface area contributed by atoms with Crippen LogP contribution in [0.25, 0.3) is 0 Å². The molecule has 0 heterocycles. The summed E-state index contributed by atoms with van der Waals surface area (Å²) in [7, 11) is 0. The van der Waals surface area contributed by atoms with Gasteiger partial charge in [0.2, 0.25) is 0 Å². The molecular weight excluding hydrogens is 315 g/mol. The number of thiocarbonyl (C=S) groups is 1. The first-order valence-electron chi connectivity index (χ1n) is 5.89. The van der Waals surface area contributed by atoms with Crippen molar-refractivity contribution in [1.29, 1.82) is 0 Å². The minimum atomic E-state index is -0.224. The molecule has 0 spiro atoms. The van der Waals surface area contributed by atoms with Gasteiger partial charge in [-0.15, -0.1) is 0 Å². The predicted octanol–water partition coefficient (Wildman–Crippen LogP) is 3.33. The normalized spacial score (nSPS) is 12.7. The topological polar surface area (TPSA) is 29.3 Å². The van der Waals surface area contributed by atoms with Crippen molar-refractivity contribution in [2.45, 2.75) is 20.4 Å². The van der Waals surface area contributed by atoms with Gasteiger partial charge in [0.1, 0.15) is 5.82 Å². The number of nitrogens with zero attached hydrogens (tertiary/aromatic N) is 1. The molecule has 0 saturated carbocycles. The van der Waals surface area contributed by atoms with Gasteiger partial charge in [0.15, 0.2) is 0 Å². The zero-order chi connectivity index (χ0) is 13.7. The van der Waals surface area contributed by atoms with E-state index in [2.05, 4.69) is 27.8 Å². The van der Waals surface area contributed by atoms with E-state index in [0.29, 0.717) is 11.5 Å². The monoisotopic (exact) mass is 332 g/mol. The molecule has 18 heavy (non-hydrogen) atoms. The molecule has 1 atom stereocenters. The van der Waals surface area contributed by atoms with Crippen LogP contribution < -0.4 is 5.73 Å². The highest BCUT2D eigenvalue weighted by Gasteiger charge is 2.12. The second-order valence-electron chi connectivity index (χ2n) is 4.41. The summed E-state index contributed by atoms with van der Waals surface area (Å²) in [5, 5.41) is 0. The van der Waals surface area contributed by atoms with Gasteiger partial charge >= 0.3 is 0 Å². The van der Waals surface area contributed by atoms with Gasteiger partial charge < -0.3 is 5.73 Å². The van der Waals surface area contributed by atoms with Crippen LogP contribution in [0.1, 0.15) is 19.4 Å². The Hall–Kier alpha value is -0.520. The van der Waals surface area contributed by atoms with Crippen LogP contribution >= 0.6 is 28.1 Å². The molecule has 0 aliphatic rings. The summed E-state index contributed by atoms with van der Waals surface area (Å²) in [5.41, 5.74) is 6.56. The fourth-order valence-electron chi connectivity index (χ4n) is 1.74. The van der Waals surface area contributed by atoms with E-state index in [4.69, 9.17) is 18.0 Å². The van der Waals surface area contributed by atoms with Crippen molar-refractivity contribution in [1.82, 2.24) is 4.90 Å². The van der Waals surface area contributed by atoms with Gasteiger partial charge in [-0.3, -0.25) is 4.90 Å². The number of nitrogens with two attached hydrogens (primary N) is 1. The van der Waals surface area contributed by atoms with Gasteiger partial charge in [-0.2, -0.15) is 0 Å². The van der Waals surface area contributed by atoms with Crippen LogP contribution in [0.5, 0.6) is 0 Å². The van der Waals surface area contributed by atoms with Gasteiger partial charge in [-0.1, -0.05) is 42.0 Å². The van der Waals surface area contributed by atoms with Crippen LogP contribution in [0, 0.1) is 11.7 Å². The summed E-state index contributed by atoms with van der Waals surface area (Å²) in [6, 6.07) is 4.94. The fourth-order valence-corrected chi connectivity index (χ4v) is 2.33. The maximum Gasteiger partial charge on any atom is 0.124 e. The standard InChI is InChI=1S/C13H18BrFN2S/c1-3-17(7-9(2)13(16)18)8-10-4-11(14)6-12(15)5-10/h4-6,9H,3,7-8H2,1-2H3,(H2,16,18). The first kappa shape index (κ1) is 15.5. The largest absolute Gasteiger partial charge is 0.393 e. The summed E-state index contributed by atoms with van der Waals surface area (Å²) in [5.74, 6) is -0.0604. The summed E-state index contributed by atoms with van der Waals surface area (Å²) in [6.45, 7) is 6.44. The maximum atomic E-state index is 13.3. The Kier molecular flexibility index (Phi) is 6.18. The van der Waals surface area contributed by atoms with Gasteiger partial charge in [0, 0.05) is 23.5 Å². The highest BCUT2D eigenvalue weighted by atomic mass is 79.9. The Bertz CT molecular complexity index is 405. The van der Waals surface area contributed by atoms with E-state index in [0.717, 1.165) is 23.1 Å². The van der Waals surface area contributed by atoms with Crippen LogP contribution in [0.3, 0.4) is 0 Å². The SMILES string of the molecule is CCN(Cc1cc(F)cc(Br)c1)CC(C)C(N)=S. The minimum Gasteiger partial charge on any atom is -0.393 e. The number of hydrogen-bond acceptors (Lipinski definition) is 2. The van der Waals surface area contributed by atoms with Crippen LogP contribution in [0.15, 0.2) is 22.7 Å². The summed E-state index contributed by atoms with van der Waals surface area (Å²) >= 11 is 8.27. The molecule has 0 bridgehead atoms. The second-order valence-corrected chi connectivity index (χ2v) is 5.80. The Labute approximate surface area is 121 Å². The molecule has 0 amide bonds. The van der Waals surface area contributed by atoms with Crippen molar-refractivity contribution in [3.05, 3.63) is 34.1 Å². The molecule has 0 fully saturated rings. The molecule has 0 aliphatic heterocycles. The van der Waals surface area contributed by atoms with Crippen molar-refractivity contribution in [3.8, 4) is 0 Å². The summed E-state index contributed by atoms with van der Waals surface area (Å²) in [4.78, 5) is 2.72. The van der Waals surface area contributed by atoms with E-state index in [1.165, 1.54) is 6.07 Å². The molecular formula is C13H18BrFN2S. The zero-order valence-corrected chi connectivity index (χ0v) is 13.0. The lowest BCUT2D eigenvalue weighted by atomic mass is 10.1. The van der Waals surface area contributed by atoms with E-state index in [-0.39, 0.29) is 11.7 Å². The summed E-state index contributed by atoms with van der Waals surface area (Å²) < 4.78 is 14.0. The summed E-state index contributed by atoms with van der Waals surface area (Å²) in [6.07, 6.45) is 0. The first-order valence-corrected chi connectivity index (χ1v) is 7.09.